The largest absolute Gasteiger partial charge is 0.376 e. The van der Waals surface area contributed by atoms with Crippen LogP contribution in [-0.2, 0) is 0 Å². The van der Waals surface area contributed by atoms with E-state index in [1.54, 1.807) is 34.4 Å². The Morgan fingerprint density at radius 3 is 2.78 bits per heavy atom. The summed E-state index contributed by atoms with van der Waals surface area (Å²) in [5.74, 6) is 0.379. The summed E-state index contributed by atoms with van der Waals surface area (Å²) in [5, 5.41) is 14.0. The molecular formula is C11H14FIN2O2S. The second-order valence-corrected chi connectivity index (χ2v) is 5.82. The lowest BCUT2D eigenvalue weighted by molar-refractivity contribution is -0.384. The van der Waals surface area contributed by atoms with Crippen LogP contribution in [0.25, 0.3) is 0 Å². The van der Waals surface area contributed by atoms with E-state index in [4.69, 9.17) is 0 Å². The third-order valence-corrected chi connectivity index (χ3v) is 4.02. The number of rotatable bonds is 6. The lowest BCUT2D eigenvalue weighted by Crippen LogP contribution is -2.21. The predicted octanol–water partition coefficient (Wildman–Crippen LogP) is 3.89. The molecule has 0 saturated carbocycles. The standard InChI is InChI=1S/C11H14FIN2O2S/c1-3-7(6-18-2)14-10-4-8(12)9(13)5-11(10)15(16)17/h4-5,7,14H,3,6H2,1-2H3. The summed E-state index contributed by atoms with van der Waals surface area (Å²) in [6.45, 7) is 1.99. The maximum Gasteiger partial charge on any atom is 0.293 e. The van der Waals surface area contributed by atoms with E-state index in [2.05, 4.69) is 5.32 Å². The van der Waals surface area contributed by atoms with Crippen LogP contribution in [0.5, 0.6) is 0 Å². The average Bonchev–Trinajstić information content (AvgIpc) is 2.32. The second kappa shape index (κ2) is 7.13. The molecule has 7 heteroatoms. The first-order chi connectivity index (χ1) is 8.49. The van der Waals surface area contributed by atoms with Crippen LogP contribution in [0, 0.1) is 19.5 Å². The van der Waals surface area contributed by atoms with E-state index in [0.717, 1.165) is 12.2 Å². The number of hydrogen-bond acceptors (Lipinski definition) is 4. The zero-order valence-electron chi connectivity index (χ0n) is 10.1. The molecule has 1 aromatic carbocycles. The number of nitro benzene ring substituents is 1. The van der Waals surface area contributed by atoms with E-state index in [9.17, 15) is 14.5 Å². The molecule has 0 aliphatic rings. The molecule has 100 valence electrons. The molecule has 0 aliphatic heterocycles. The van der Waals surface area contributed by atoms with E-state index in [0.29, 0.717) is 0 Å². The maximum absolute atomic E-state index is 13.5. The Labute approximate surface area is 123 Å². The van der Waals surface area contributed by atoms with Crippen molar-refractivity contribution >= 4 is 45.7 Å². The van der Waals surface area contributed by atoms with Gasteiger partial charge in [0.25, 0.3) is 5.69 Å². The van der Waals surface area contributed by atoms with Gasteiger partial charge in [0, 0.05) is 23.9 Å². The quantitative estimate of drug-likeness (QED) is 0.459. The van der Waals surface area contributed by atoms with Gasteiger partial charge in [0.05, 0.1) is 8.49 Å². The number of halogens is 2. The molecule has 1 aromatic rings. The zero-order valence-corrected chi connectivity index (χ0v) is 13.0. The Morgan fingerprint density at radius 1 is 1.61 bits per heavy atom. The van der Waals surface area contributed by atoms with E-state index in [1.165, 1.54) is 12.1 Å². The highest BCUT2D eigenvalue weighted by Gasteiger charge is 2.19. The van der Waals surface area contributed by atoms with Gasteiger partial charge in [-0.1, -0.05) is 6.92 Å². The van der Waals surface area contributed by atoms with Crippen molar-refractivity contribution in [3.8, 4) is 0 Å². The van der Waals surface area contributed by atoms with E-state index in [-0.39, 0.29) is 21.0 Å². The van der Waals surface area contributed by atoms with E-state index >= 15 is 0 Å². The highest BCUT2D eigenvalue weighted by molar-refractivity contribution is 14.1. The molecule has 4 nitrogen and oxygen atoms in total. The molecule has 1 atom stereocenters. The molecule has 0 fully saturated rings. The normalized spacial score (nSPS) is 12.2. The minimum atomic E-state index is -0.490. The van der Waals surface area contributed by atoms with Gasteiger partial charge in [0.15, 0.2) is 0 Å². The molecule has 1 rings (SSSR count). The van der Waals surface area contributed by atoms with Gasteiger partial charge in [-0.25, -0.2) is 4.39 Å². The van der Waals surface area contributed by atoms with Crippen LogP contribution in [0.15, 0.2) is 12.1 Å². The van der Waals surface area contributed by atoms with Crippen LogP contribution < -0.4 is 5.32 Å². The molecule has 0 spiro atoms. The smallest absolute Gasteiger partial charge is 0.293 e. The van der Waals surface area contributed by atoms with Crippen molar-refractivity contribution in [1.29, 1.82) is 0 Å². The van der Waals surface area contributed by atoms with Crippen LogP contribution in [-0.4, -0.2) is 23.0 Å². The molecular weight excluding hydrogens is 370 g/mol. The van der Waals surface area contributed by atoms with Gasteiger partial charge < -0.3 is 5.32 Å². The number of hydrogen-bond donors (Lipinski definition) is 1. The SMILES string of the molecule is CCC(CSC)Nc1cc(F)c(I)cc1[N+](=O)[O-]. The Bertz CT molecular complexity index is 445. The molecule has 0 aromatic heterocycles. The fourth-order valence-corrected chi connectivity index (χ4v) is 2.66. The number of anilines is 1. The lowest BCUT2D eigenvalue weighted by atomic mass is 10.2. The van der Waals surface area contributed by atoms with Crippen LogP contribution in [0.4, 0.5) is 15.8 Å². The van der Waals surface area contributed by atoms with Crippen molar-refractivity contribution in [2.75, 3.05) is 17.3 Å². The minimum absolute atomic E-state index is 0.0830. The summed E-state index contributed by atoms with van der Waals surface area (Å²) in [4.78, 5) is 10.5. The van der Waals surface area contributed by atoms with E-state index < -0.39 is 10.7 Å². The Hall–Kier alpha value is -0.570. The van der Waals surface area contributed by atoms with Gasteiger partial charge in [-0.3, -0.25) is 10.1 Å². The van der Waals surface area contributed by atoms with Gasteiger partial charge in [0.2, 0.25) is 0 Å². The predicted molar refractivity (Wildman–Crippen MR) is 81.9 cm³/mol. The molecule has 0 heterocycles. The summed E-state index contributed by atoms with van der Waals surface area (Å²) in [5.41, 5.74) is 0.166. The second-order valence-electron chi connectivity index (χ2n) is 3.75. The molecule has 1 unspecified atom stereocenters. The summed E-state index contributed by atoms with van der Waals surface area (Å²) >= 11 is 3.40. The van der Waals surface area contributed by atoms with Gasteiger partial charge >= 0.3 is 0 Å². The number of nitro groups is 1. The van der Waals surface area contributed by atoms with Gasteiger partial charge in [-0.05, 0) is 35.3 Å². The van der Waals surface area contributed by atoms with Gasteiger partial charge in [-0.15, -0.1) is 0 Å². The summed E-state index contributed by atoms with van der Waals surface area (Å²) < 4.78 is 13.7. The molecule has 0 radical (unpaired) electrons. The minimum Gasteiger partial charge on any atom is -0.376 e. The number of thioether (sulfide) groups is 1. The monoisotopic (exact) mass is 384 g/mol. The third-order valence-electron chi connectivity index (χ3n) is 2.46. The van der Waals surface area contributed by atoms with Crippen molar-refractivity contribution in [1.82, 2.24) is 0 Å². The highest BCUT2D eigenvalue weighted by atomic mass is 127. The van der Waals surface area contributed by atoms with Gasteiger partial charge in [-0.2, -0.15) is 11.8 Å². The van der Waals surface area contributed by atoms with Crippen molar-refractivity contribution in [3.63, 3.8) is 0 Å². The first kappa shape index (κ1) is 15.5. The van der Waals surface area contributed by atoms with Gasteiger partial charge in [0.1, 0.15) is 11.5 Å². The fraction of sp³-hybridized carbons (Fsp3) is 0.455. The zero-order chi connectivity index (χ0) is 13.7. The Balaban J connectivity index is 3.06. The van der Waals surface area contributed by atoms with Crippen LogP contribution in [0.1, 0.15) is 13.3 Å². The Kier molecular flexibility index (Phi) is 6.13. The van der Waals surface area contributed by atoms with Crippen molar-refractivity contribution in [2.24, 2.45) is 0 Å². The van der Waals surface area contributed by atoms with Crippen molar-refractivity contribution in [2.45, 2.75) is 19.4 Å². The van der Waals surface area contributed by atoms with Crippen molar-refractivity contribution < 1.29 is 9.31 Å². The lowest BCUT2D eigenvalue weighted by Gasteiger charge is -2.17. The highest BCUT2D eigenvalue weighted by Crippen LogP contribution is 2.29. The topological polar surface area (TPSA) is 55.2 Å². The molecule has 0 bridgehead atoms. The molecule has 0 amide bonds. The molecule has 0 saturated heterocycles. The average molecular weight is 384 g/mol. The first-order valence-corrected chi connectivity index (χ1v) is 7.85. The molecule has 1 N–H and O–H groups in total. The molecule has 18 heavy (non-hydrogen) atoms. The van der Waals surface area contributed by atoms with Crippen LogP contribution >= 0.6 is 34.4 Å². The van der Waals surface area contributed by atoms with Crippen LogP contribution in [0.3, 0.4) is 0 Å². The summed E-state index contributed by atoms with van der Waals surface area (Å²) in [6.07, 6.45) is 2.79. The molecule has 0 aliphatic carbocycles. The number of benzene rings is 1. The maximum atomic E-state index is 13.5. The number of nitrogens with one attached hydrogen (secondary N) is 1. The Morgan fingerprint density at radius 2 is 2.28 bits per heavy atom. The first-order valence-electron chi connectivity index (χ1n) is 5.38. The summed E-state index contributed by atoms with van der Waals surface area (Å²) in [7, 11) is 0. The number of nitrogens with zero attached hydrogens (tertiary/aromatic N) is 1. The van der Waals surface area contributed by atoms with Crippen molar-refractivity contribution in [3.05, 3.63) is 31.6 Å². The third kappa shape index (κ3) is 3.98. The fourth-order valence-electron chi connectivity index (χ4n) is 1.49. The van der Waals surface area contributed by atoms with Crippen LogP contribution in [0.2, 0.25) is 0 Å². The summed E-state index contributed by atoms with van der Waals surface area (Å²) in [6, 6.07) is 2.55. The van der Waals surface area contributed by atoms with E-state index in [1.807, 2.05) is 13.2 Å².